The van der Waals surface area contributed by atoms with Crippen molar-refractivity contribution in [2.45, 2.75) is 31.9 Å². The van der Waals surface area contributed by atoms with Crippen molar-refractivity contribution in [1.29, 1.82) is 0 Å². The van der Waals surface area contributed by atoms with E-state index in [1.807, 2.05) is 31.2 Å². The maximum absolute atomic E-state index is 11.8. The number of amides is 1. The molecule has 2 rings (SSSR count). The molecule has 0 saturated carbocycles. The van der Waals surface area contributed by atoms with E-state index < -0.39 is 0 Å². The molecule has 1 amide bonds. The van der Waals surface area contributed by atoms with Gasteiger partial charge in [0.15, 0.2) is 6.10 Å². The van der Waals surface area contributed by atoms with Gasteiger partial charge in [0.2, 0.25) is 0 Å². The summed E-state index contributed by atoms with van der Waals surface area (Å²) in [5.41, 5.74) is 7.03. The van der Waals surface area contributed by atoms with Crippen molar-refractivity contribution in [2.75, 3.05) is 13.6 Å². The fraction of sp³-hybridized carbons (Fsp3) is 0.500. The number of carbonyl (C=O) groups excluding carboxylic acids is 1. The van der Waals surface area contributed by atoms with Gasteiger partial charge >= 0.3 is 0 Å². The third-order valence-electron chi connectivity index (χ3n) is 3.41. The van der Waals surface area contributed by atoms with Gasteiger partial charge in [-0.25, -0.2) is 0 Å². The number of likely N-dealkylation sites (N-methyl/N-ethyl adjacent to an activating group) is 1. The van der Waals surface area contributed by atoms with Gasteiger partial charge in [-0.2, -0.15) is 0 Å². The molecule has 0 bridgehead atoms. The van der Waals surface area contributed by atoms with Crippen molar-refractivity contribution in [3.05, 3.63) is 29.8 Å². The zero-order valence-electron chi connectivity index (χ0n) is 10.9. The van der Waals surface area contributed by atoms with Gasteiger partial charge in [0, 0.05) is 31.6 Å². The molecule has 4 nitrogen and oxygen atoms in total. The predicted molar refractivity (Wildman–Crippen MR) is 70.3 cm³/mol. The summed E-state index contributed by atoms with van der Waals surface area (Å²) in [6, 6.07) is 7.66. The van der Waals surface area contributed by atoms with Crippen molar-refractivity contribution < 1.29 is 9.53 Å². The molecule has 18 heavy (non-hydrogen) atoms. The quantitative estimate of drug-likeness (QED) is 0.882. The van der Waals surface area contributed by atoms with Crippen LogP contribution in [0.5, 0.6) is 5.75 Å². The Morgan fingerprint density at radius 3 is 2.83 bits per heavy atom. The van der Waals surface area contributed by atoms with Crippen LogP contribution < -0.4 is 10.5 Å². The second kappa shape index (κ2) is 5.40. The van der Waals surface area contributed by atoms with Crippen LogP contribution in [0.25, 0.3) is 0 Å². The van der Waals surface area contributed by atoms with E-state index in [4.69, 9.17) is 10.5 Å². The molecule has 1 unspecified atom stereocenters. The highest BCUT2D eigenvalue weighted by atomic mass is 16.5. The summed E-state index contributed by atoms with van der Waals surface area (Å²) in [7, 11) is 1.80. The van der Waals surface area contributed by atoms with Gasteiger partial charge in [-0.05, 0) is 12.5 Å². The number of nitrogens with two attached hydrogens (primary N) is 1. The second-order valence-electron chi connectivity index (χ2n) is 4.71. The Morgan fingerprint density at radius 2 is 2.22 bits per heavy atom. The van der Waals surface area contributed by atoms with Crippen LogP contribution in [0, 0.1) is 0 Å². The van der Waals surface area contributed by atoms with Crippen molar-refractivity contribution in [2.24, 2.45) is 5.73 Å². The van der Waals surface area contributed by atoms with E-state index in [1.54, 1.807) is 11.9 Å². The maximum Gasteiger partial charge on any atom is 0.263 e. The van der Waals surface area contributed by atoms with Crippen molar-refractivity contribution in [3.8, 4) is 5.75 Å². The lowest BCUT2D eigenvalue weighted by Gasteiger charge is -2.18. The topological polar surface area (TPSA) is 55.6 Å². The van der Waals surface area contributed by atoms with E-state index in [0.29, 0.717) is 0 Å². The first-order valence-corrected chi connectivity index (χ1v) is 6.39. The van der Waals surface area contributed by atoms with Crippen molar-refractivity contribution in [1.82, 2.24) is 4.90 Å². The molecular formula is C14H20N2O2. The number of benzene rings is 1. The summed E-state index contributed by atoms with van der Waals surface area (Å²) in [5, 5.41) is 0. The third kappa shape index (κ3) is 2.48. The summed E-state index contributed by atoms with van der Waals surface area (Å²) in [6.45, 7) is 2.79. The van der Waals surface area contributed by atoms with Gasteiger partial charge in [0.05, 0.1) is 0 Å². The van der Waals surface area contributed by atoms with Crippen molar-refractivity contribution in [3.63, 3.8) is 0 Å². The molecule has 0 radical (unpaired) electrons. The van der Waals surface area contributed by atoms with Crippen LogP contribution in [-0.2, 0) is 4.79 Å². The maximum atomic E-state index is 11.8. The molecule has 1 fully saturated rings. The molecular weight excluding hydrogens is 228 g/mol. The van der Waals surface area contributed by atoms with Crippen LogP contribution in [-0.4, -0.2) is 30.5 Å². The molecule has 1 aromatic rings. The van der Waals surface area contributed by atoms with Crippen LogP contribution in [0.3, 0.4) is 0 Å². The van der Waals surface area contributed by atoms with Crippen LogP contribution in [0.1, 0.15) is 31.4 Å². The first-order valence-electron chi connectivity index (χ1n) is 6.39. The van der Waals surface area contributed by atoms with Crippen molar-refractivity contribution >= 4 is 5.91 Å². The van der Waals surface area contributed by atoms with E-state index in [9.17, 15) is 4.79 Å². The van der Waals surface area contributed by atoms with Crippen LogP contribution in [0.4, 0.5) is 0 Å². The van der Waals surface area contributed by atoms with E-state index in [0.717, 1.165) is 30.7 Å². The summed E-state index contributed by atoms with van der Waals surface area (Å²) in [6.07, 6.45) is 1.23. The molecule has 1 aliphatic heterocycles. The minimum Gasteiger partial charge on any atom is -0.480 e. The zero-order chi connectivity index (χ0) is 13.1. The number of nitrogens with zero attached hydrogens (tertiary/aromatic N) is 1. The third-order valence-corrected chi connectivity index (χ3v) is 3.41. The SMILES string of the molecule is CC[C@H](N)c1ccccc1OC1CCN(C)C1=O. The Balaban J connectivity index is 2.16. The van der Waals surface area contributed by atoms with Crippen LogP contribution in [0.2, 0.25) is 0 Å². The lowest BCUT2D eigenvalue weighted by Crippen LogP contribution is -2.29. The average molecular weight is 248 g/mol. The molecule has 0 aliphatic carbocycles. The lowest BCUT2D eigenvalue weighted by molar-refractivity contribution is -0.132. The smallest absolute Gasteiger partial charge is 0.263 e. The molecule has 2 atom stereocenters. The summed E-state index contributed by atoms with van der Waals surface area (Å²) >= 11 is 0. The molecule has 1 saturated heterocycles. The summed E-state index contributed by atoms with van der Waals surface area (Å²) < 4.78 is 5.84. The standard InChI is InChI=1S/C14H20N2O2/c1-3-11(15)10-6-4-5-7-12(10)18-13-8-9-16(2)14(13)17/h4-7,11,13H,3,8-9,15H2,1-2H3/t11-,13?/m0/s1. The Bertz CT molecular complexity index is 434. The number of hydrogen-bond donors (Lipinski definition) is 1. The van der Waals surface area contributed by atoms with Gasteiger partial charge in [0.25, 0.3) is 5.91 Å². The molecule has 98 valence electrons. The fourth-order valence-corrected chi connectivity index (χ4v) is 2.17. The van der Waals surface area contributed by atoms with Gasteiger partial charge in [-0.1, -0.05) is 25.1 Å². The van der Waals surface area contributed by atoms with Gasteiger partial charge < -0.3 is 15.4 Å². The predicted octanol–water partition coefficient (Wildman–Crippen LogP) is 1.71. The number of ether oxygens (including phenoxy) is 1. The molecule has 1 aromatic carbocycles. The van der Waals surface area contributed by atoms with E-state index in [2.05, 4.69) is 0 Å². The Kier molecular flexibility index (Phi) is 3.87. The number of rotatable bonds is 4. The first-order chi connectivity index (χ1) is 8.63. The molecule has 0 aromatic heterocycles. The number of para-hydroxylation sites is 1. The summed E-state index contributed by atoms with van der Waals surface area (Å²) in [4.78, 5) is 13.5. The highest BCUT2D eigenvalue weighted by molar-refractivity contribution is 5.83. The molecule has 2 N–H and O–H groups in total. The zero-order valence-corrected chi connectivity index (χ0v) is 10.9. The summed E-state index contributed by atoms with van der Waals surface area (Å²) in [5.74, 6) is 0.787. The minimum absolute atomic E-state index is 0.0459. The molecule has 0 spiro atoms. The second-order valence-corrected chi connectivity index (χ2v) is 4.71. The highest BCUT2D eigenvalue weighted by Crippen LogP contribution is 2.28. The Morgan fingerprint density at radius 1 is 1.50 bits per heavy atom. The average Bonchev–Trinajstić information content (AvgIpc) is 2.70. The van der Waals surface area contributed by atoms with Gasteiger partial charge in [-0.15, -0.1) is 0 Å². The fourth-order valence-electron chi connectivity index (χ4n) is 2.17. The highest BCUT2D eigenvalue weighted by Gasteiger charge is 2.31. The van der Waals surface area contributed by atoms with Gasteiger partial charge in [0.1, 0.15) is 5.75 Å². The number of likely N-dealkylation sites (tertiary alicyclic amines) is 1. The largest absolute Gasteiger partial charge is 0.480 e. The Hall–Kier alpha value is -1.55. The number of hydrogen-bond acceptors (Lipinski definition) is 3. The van der Waals surface area contributed by atoms with Gasteiger partial charge in [-0.3, -0.25) is 4.79 Å². The van der Waals surface area contributed by atoms with E-state index in [-0.39, 0.29) is 18.1 Å². The molecule has 1 heterocycles. The lowest BCUT2D eigenvalue weighted by atomic mass is 10.0. The Labute approximate surface area is 108 Å². The first kappa shape index (κ1) is 12.9. The normalized spacial score (nSPS) is 21.2. The minimum atomic E-state index is -0.361. The van der Waals surface area contributed by atoms with Crippen LogP contribution in [0.15, 0.2) is 24.3 Å². The number of carbonyl (C=O) groups is 1. The van der Waals surface area contributed by atoms with E-state index >= 15 is 0 Å². The van der Waals surface area contributed by atoms with Crippen LogP contribution >= 0.6 is 0 Å². The molecule has 4 heteroatoms. The molecule has 1 aliphatic rings. The van der Waals surface area contributed by atoms with E-state index in [1.165, 1.54) is 0 Å². The monoisotopic (exact) mass is 248 g/mol.